The zero-order valence-electron chi connectivity index (χ0n) is 10.9. The van der Waals surface area contributed by atoms with Gasteiger partial charge in [-0.1, -0.05) is 60.7 Å². The first kappa shape index (κ1) is 11.6. The van der Waals surface area contributed by atoms with Gasteiger partial charge in [0, 0.05) is 18.8 Å². The molecule has 0 aromatic heterocycles. The molecule has 0 unspecified atom stereocenters. The molecule has 0 spiro atoms. The first-order valence-electron chi connectivity index (χ1n) is 6.37. The largest absolute Gasteiger partial charge is 0.299 e. The lowest BCUT2D eigenvalue weighted by molar-refractivity contribution is 0.396. The second-order valence-corrected chi connectivity index (χ2v) is 4.60. The van der Waals surface area contributed by atoms with Crippen LogP contribution in [-0.2, 0) is 0 Å². The van der Waals surface area contributed by atoms with Crippen molar-refractivity contribution in [1.82, 2.24) is 10.4 Å². The van der Waals surface area contributed by atoms with Crippen molar-refractivity contribution >= 4 is 11.3 Å². The summed E-state index contributed by atoms with van der Waals surface area (Å²) in [6, 6.07) is 20.8. The molecular weight excluding hydrogens is 232 g/mol. The van der Waals surface area contributed by atoms with Crippen LogP contribution in [0.25, 0.3) is 11.3 Å². The molecule has 0 aliphatic carbocycles. The number of allylic oxidation sites excluding steroid dienone is 2. The molecule has 0 saturated carbocycles. The topological polar surface area (TPSA) is 15.3 Å². The van der Waals surface area contributed by atoms with Crippen LogP contribution in [0.1, 0.15) is 11.1 Å². The lowest BCUT2D eigenvalue weighted by Crippen LogP contribution is -2.30. The Morgan fingerprint density at radius 3 is 2.00 bits per heavy atom. The molecule has 1 heterocycles. The molecule has 1 aliphatic heterocycles. The number of hydrazine groups is 1. The summed E-state index contributed by atoms with van der Waals surface area (Å²) < 4.78 is 0. The second kappa shape index (κ2) is 5.02. The maximum atomic E-state index is 3.35. The first-order chi connectivity index (χ1) is 9.33. The highest BCUT2D eigenvalue weighted by atomic mass is 15.5. The maximum absolute atomic E-state index is 3.35. The lowest BCUT2D eigenvalue weighted by Gasteiger charge is -2.26. The summed E-state index contributed by atoms with van der Waals surface area (Å²) >= 11 is 0. The van der Waals surface area contributed by atoms with Crippen LogP contribution in [0.2, 0.25) is 0 Å². The van der Waals surface area contributed by atoms with Crippen molar-refractivity contribution in [3.05, 3.63) is 84.1 Å². The molecule has 2 nitrogen and oxygen atoms in total. The molecule has 2 aromatic carbocycles. The minimum absolute atomic E-state index is 1.12. The molecule has 0 bridgehead atoms. The van der Waals surface area contributed by atoms with E-state index in [1.165, 1.54) is 16.7 Å². The molecular formula is C17H16N2. The average Bonchev–Trinajstić information content (AvgIpc) is 2.48. The Bertz CT molecular complexity index is 612. The fourth-order valence-electron chi connectivity index (χ4n) is 2.21. The molecule has 0 amide bonds. The fraction of sp³-hybridized carbons (Fsp3) is 0.0588. The SMILES string of the molecule is CN1C=C(c2ccccc2)C=C(c2ccccc2)N1. The van der Waals surface area contributed by atoms with Gasteiger partial charge in [0.15, 0.2) is 0 Å². The summed E-state index contributed by atoms with van der Waals surface area (Å²) in [5.41, 5.74) is 8.09. The van der Waals surface area contributed by atoms with Gasteiger partial charge in [-0.05, 0) is 17.2 Å². The van der Waals surface area contributed by atoms with E-state index in [1.54, 1.807) is 0 Å². The first-order valence-corrected chi connectivity index (χ1v) is 6.37. The number of hydrogen-bond donors (Lipinski definition) is 1. The number of hydrogen-bond acceptors (Lipinski definition) is 2. The van der Waals surface area contributed by atoms with Crippen molar-refractivity contribution in [2.24, 2.45) is 0 Å². The van der Waals surface area contributed by atoms with Gasteiger partial charge in [-0.15, -0.1) is 0 Å². The van der Waals surface area contributed by atoms with E-state index in [-0.39, 0.29) is 0 Å². The average molecular weight is 248 g/mol. The Labute approximate surface area is 113 Å². The highest BCUT2D eigenvalue weighted by Crippen LogP contribution is 2.24. The highest BCUT2D eigenvalue weighted by Gasteiger charge is 2.10. The molecule has 2 heteroatoms. The summed E-state index contributed by atoms with van der Waals surface area (Å²) in [4.78, 5) is 0. The Morgan fingerprint density at radius 2 is 1.37 bits per heavy atom. The minimum Gasteiger partial charge on any atom is -0.299 e. The molecule has 19 heavy (non-hydrogen) atoms. The van der Waals surface area contributed by atoms with Crippen LogP contribution < -0.4 is 5.43 Å². The molecule has 94 valence electrons. The molecule has 0 fully saturated rings. The van der Waals surface area contributed by atoms with Crippen LogP contribution in [0.4, 0.5) is 0 Å². The smallest absolute Gasteiger partial charge is 0.0620 e. The zero-order valence-corrected chi connectivity index (χ0v) is 10.9. The van der Waals surface area contributed by atoms with Crippen LogP contribution >= 0.6 is 0 Å². The Kier molecular flexibility index (Phi) is 3.07. The molecule has 0 atom stereocenters. The van der Waals surface area contributed by atoms with Crippen LogP contribution in [-0.4, -0.2) is 12.1 Å². The van der Waals surface area contributed by atoms with E-state index in [9.17, 15) is 0 Å². The van der Waals surface area contributed by atoms with Crippen molar-refractivity contribution in [3.8, 4) is 0 Å². The lowest BCUT2D eigenvalue weighted by atomic mass is 10.0. The summed E-state index contributed by atoms with van der Waals surface area (Å²) in [5.74, 6) is 0. The van der Waals surface area contributed by atoms with Crippen LogP contribution in [0.5, 0.6) is 0 Å². The Morgan fingerprint density at radius 1 is 0.789 bits per heavy atom. The zero-order chi connectivity index (χ0) is 13.1. The minimum atomic E-state index is 1.12. The van der Waals surface area contributed by atoms with E-state index in [0.717, 1.165) is 5.70 Å². The third kappa shape index (κ3) is 2.52. The molecule has 2 aromatic rings. The van der Waals surface area contributed by atoms with Gasteiger partial charge >= 0.3 is 0 Å². The number of rotatable bonds is 2. The van der Waals surface area contributed by atoms with E-state index < -0.39 is 0 Å². The van der Waals surface area contributed by atoms with Crippen molar-refractivity contribution in [1.29, 1.82) is 0 Å². The molecule has 0 radical (unpaired) electrons. The predicted molar refractivity (Wildman–Crippen MR) is 79.7 cm³/mol. The van der Waals surface area contributed by atoms with Gasteiger partial charge in [-0.2, -0.15) is 0 Å². The highest BCUT2D eigenvalue weighted by molar-refractivity contribution is 5.84. The van der Waals surface area contributed by atoms with Crippen molar-refractivity contribution in [2.45, 2.75) is 0 Å². The van der Waals surface area contributed by atoms with E-state index >= 15 is 0 Å². The van der Waals surface area contributed by atoms with E-state index in [1.807, 2.05) is 24.2 Å². The van der Waals surface area contributed by atoms with Gasteiger partial charge in [0.25, 0.3) is 0 Å². The monoisotopic (exact) mass is 248 g/mol. The summed E-state index contributed by atoms with van der Waals surface area (Å²) in [7, 11) is 2.01. The third-order valence-electron chi connectivity index (χ3n) is 3.12. The predicted octanol–water partition coefficient (Wildman–Crippen LogP) is 3.52. The van der Waals surface area contributed by atoms with Gasteiger partial charge in [-0.25, -0.2) is 0 Å². The molecule has 3 rings (SSSR count). The van der Waals surface area contributed by atoms with Gasteiger partial charge in [0.2, 0.25) is 0 Å². The van der Waals surface area contributed by atoms with E-state index in [2.05, 4.69) is 66.2 Å². The van der Waals surface area contributed by atoms with Crippen molar-refractivity contribution in [3.63, 3.8) is 0 Å². The molecule has 0 saturated heterocycles. The van der Waals surface area contributed by atoms with Crippen LogP contribution in [0.15, 0.2) is 72.9 Å². The van der Waals surface area contributed by atoms with E-state index in [4.69, 9.17) is 0 Å². The number of nitrogens with one attached hydrogen (secondary N) is 1. The maximum Gasteiger partial charge on any atom is 0.0620 e. The van der Waals surface area contributed by atoms with E-state index in [0.29, 0.717) is 0 Å². The summed E-state index contributed by atoms with van der Waals surface area (Å²) in [6.45, 7) is 0. The van der Waals surface area contributed by atoms with Crippen molar-refractivity contribution in [2.75, 3.05) is 7.05 Å². The van der Waals surface area contributed by atoms with Gasteiger partial charge in [0.1, 0.15) is 0 Å². The van der Waals surface area contributed by atoms with Crippen molar-refractivity contribution < 1.29 is 0 Å². The fourth-order valence-corrected chi connectivity index (χ4v) is 2.21. The van der Waals surface area contributed by atoms with Gasteiger partial charge in [-0.3, -0.25) is 10.4 Å². The third-order valence-corrected chi connectivity index (χ3v) is 3.12. The number of nitrogens with zero attached hydrogens (tertiary/aromatic N) is 1. The standard InChI is InChI=1S/C17H16N2/c1-19-13-16(14-8-4-2-5-9-14)12-17(18-19)15-10-6-3-7-11-15/h2-13,18H,1H3. The Hall–Kier alpha value is -2.48. The molecule has 1 aliphatic rings. The number of benzene rings is 2. The van der Waals surface area contributed by atoms with Crippen LogP contribution in [0, 0.1) is 0 Å². The van der Waals surface area contributed by atoms with Crippen LogP contribution in [0.3, 0.4) is 0 Å². The normalized spacial score (nSPS) is 14.5. The van der Waals surface area contributed by atoms with Gasteiger partial charge in [0.05, 0.1) is 5.70 Å². The second-order valence-electron chi connectivity index (χ2n) is 4.60. The van der Waals surface area contributed by atoms with Gasteiger partial charge < -0.3 is 0 Å². The Balaban J connectivity index is 2.00. The summed E-state index contributed by atoms with van der Waals surface area (Å²) in [6.07, 6.45) is 4.28. The quantitative estimate of drug-likeness (QED) is 0.874. The summed E-state index contributed by atoms with van der Waals surface area (Å²) in [5, 5.41) is 1.99. The molecule has 1 N–H and O–H groups in total.